The second-order valence-electron chi connectivity index (χ2n) is 4.61. The Balaban J connectivity index is 1.92. The van der Waals surface area contributed by atoms with E-state index >= 15 is 0 Å². The zero-order valence-electron chi connectivity index (χ0n) is 12.8. The van der Waals surface area contributed by atoms with Crippen molar-refractivity contribution in [1.29, 1.82) is 0 Å². The van der Waals surface area contributed by atoms with Crippen molar-refractivity contribution in [1.82, 2.24) is 0 Å². The van der Waals surface area contributed by atoms with Crippen molar-refractivity contribution in [2.45, 2.75) is 12.3 Å². The van der Waals surface area contributed by atoms with Crippen LogP contribution in [0.3, 0.4) is 0 Å². The summed E-state index contributed by atoms with van der Waals surface area (Å²) in [5, 5.41) is 0.564. The van der Waals surface area contributed by atoms with E-state index < -0.39 is 0 Å². The zero-order chi connectivity index (χ0) is 15.8. The molecule has 2 rings (SSSR count). The van der Waals surface area contributed by atoms with Gasteiger partial charge in [0, 0.05) is 11.3 Å². The summed E-state index contributed by atoms with van der Waals surface area (Å²) < 4.78 is 10.5. The van der Waals surface area contributed by atoms with E-state index in [-0.39, 0.29) is 0 Å². The molecule has 0 spiro atoms. The highest BCUT2D eigenvalue weighted by molar-refractivity contribution is 8.13. The summed E-state index contributed by atoms with van der Waals surface area (Å²) in [6, 6.07) is 15.8. The van der Waals surface area contributed by atoms with Crippen LogP contribution in [-0.2, 0) is 12.3 Å². The molecule has 0 radical (unpaired) electrons. The number of ether oxygens (including phenoxy) is 2. The van der Waals surface area contributed by atoms with Crippen LogP contribution in [0.1, 0.15) is 11.1 Å². The molecule has 0 aliphatic heterocycles. The van der Waals surface area contributed by atoms with Crippen molar-refractivity contribution in [2.75, 3.05) is 14.2 Å². The molecule has 0 aromatic heterocycles. The number of nitrogens with zero attached hydrogens (tertiary/aromatic N) is 1. The van der Waals surface area contributed by atoms with Gasteiger partial charge < -0.3 is 15.2 Å². The molecule has 22 heavy (non-hydrogen) atoms. The largest absolute Gasteiger partial charge is 0.497 e. The minimum Gasteiger partial charge on any atom is -0.497 e. The van der Waals surface area contributed by atoms with Gasteiger partial charge in [-0.15, -0.1) is 0 Å². The van der Waals surface area contributed by atoms with Crippen LogP contribution in [0.2, 0.25) is 0 Å². The number of aliphatic imine (C=N–C) groups is 1. The predicted molar refractivity (Wildman–Crippen MR) is 92.6 cm³/mol. The monoisotopic (exact) mass is 316 g/mol. The van der Waals surface area contributed by atoms with Crippen LogP contribution in [-0.4, -0.2) is 19.4 Å². The summed E-state index contributed by atoms with van der Waals surface area (Å²) in [6.45, 7) is 0.515. The fourth-order valence-corrected chi connectivity index (χ4v) is 2.61. The number of hydrogen-bond acceptors (Lipinski definition) is 4. The van der Waals surface area contributed by atoms with E-state index in [4.69, 9.17) is 15.2 Å². The van der Waals surface area contributed by atoms with Crippen molar-refractivity contribution < 1.29 is 9.47 Å². The molecule has 0 atom stereocenters. The van der Waals surface area contributed by atoms with E-state index in [1.165, 1.54) is 11.8 Å². The van der Waals surface area contributed by atoms with E-state index in [1.807, 2.05) is 48.5 Å². The number of amidine groups is 1. The average Bonchev–Trinajstić information content (AvgIpc) is 2.58. The lowest BCUT2D eigenvalue weighted by Crippen LogP contribution is -2.07. The average molecular weight is 316 g/mol. The number of nitrogens with two attached hydrogens (primary N) is 1. The van der Waals surface area contributed by atoms with Gasteiger partial charge in [-0.25, -0.2) is 0 Å². The van der Waals surface area contributed by atoms with Gasteiger partial charge in [-0.1, -0.05) is 42.1 Å². The molecule has 0 saturated heterocycles. The van der Waals surface area contributed by atoms with Crippen molar-refractivity contribution in [3.63, 3.8) is 0 Å². The van der Waals surface area contributed by atoms with Gasteiger partial charge in [-0.3, -0.25) is 4.99 Å². The molecule has 0 aliphatic carbocycles. The summed E-state index contributed by atoms with van der Waals surface area (Å²) in [4.78, 5) is 4.41. The Labute approximate surface area is 135 Å². The number of benzene rings is 2. The van der Waals surface area contributed by atoms with Crippen LogP contribution in [0, 0.1) is 0 Å². The van der Waals surface area contributed by atoms with Crippen LogP contribution in [0.5, 0.6) is 11.5 Å². The van der Waals surface area contributed by atoms with E-state index in [0.717, 1.165) is 28.4 Å². The fraction of sp³-hybridized carbons (Fsp3) is 0.235. The molecule has 2 N–H and O–H groups in total. The van der Waals surface area contributed by atoms with E-state index in [9.17, 15) is 0 Å². The molecule has 4 nitrogen and oxygen atoms in total. The predicted octanol–water partition coefficient (Wildman–Crippen LogP) is 3.45. The molecule has 0 saturated carbocycles. The molecule has 0 aliphatic rings. The standard InChI is InChI=1S/C17H20N2O2S/c1-20-15-8-5-6-13(10-15)12-22-17(18)19-11-14-7-3-4-9-16(14)21-2/h3-10H,11-12H2,1-2H3,(H2,18,19). The second kappa shape index (κ2) is 8.34. The first-order valence-corrected chi connectivity index (χ1v) is 7.89. The highest BCUT2D eigenvalue weighted by Gasteiger charge is 2.02. The number of thioether (sulfide) groups is 1. The maximum absolute atomic E-state index is 5.97. The third kappa shape index (κ3) is 4.70. The first-order valence-electron chi connectivity index (χ1n) is 6.90. The van der Waals surface area contributed by atoms with Crippen LogP contribution >= 0.6 is 11.8 Å². The van der Waals surface area contributed by atoms with Crippen molar-refractivity contribution in [3.05, 3.63) is 59.7 Å². The molecule has 116 valence electrons. The van der Waals surface area contributed by atoms with Gasteiger partial charge in [0.05, 0.1) is 20.8 Å². The molecule has 5 heteroatoms. The third-order valence-corrected chi connectivity index (χ3v) is 4.02. The summed E-state index contributed by atoms with van der Waals surface area (Å²) in [6.07, 6.45) is 0. The lowest BCUT2D eigenvalue weighted by Gasteiger charge is -2.07. The Bertz CT molecular complexity index is 644. The zero-order valence-corrected chi connectivity index (χ0v) is 13.6. The first-order chi connectivity index (χ1) is 10.7. The quantitative estimate of drug-likeness (QED) is 0.655. The van der Waals surface area contributed by atoms with Crippen molar-refractivity contribution in [2.24, 2.45) is 10.7 Å². The van der Waals surface area contributed by atoms with Crippen LogP contribution < -0.4 is 15.2 Å². The molecule has 0 heterocycles. The summed E-state index contributed by atoms with van der Waals surface area (Å²) in [5.74, 6) is 2.44. The smallest absolute Gasteiger partial charge is 0.154 e. The van der Waals surface area contributed by atoms with Gasteiger partial charge in [0.15, 0.2) is 5.17 Å². The molecule has 2 aromatic carbocycles. The third-order valence-electron chi connectivity index (χ3n) is 3.12. The first kappa shape index (κ1) is 16.2. The van der Waals surface area contributed by atoms with Crippen LogP contribution in [0.15, 0.2) is 53.5 Å². The maximum atomic E-state index is 5.97. The fourth-order valence-electron chi connectivity index (χ4n) is 1.96. The van der Waals surface area contributed by atoms with Gasteiger partial charge in [-0.2, -0.15) is 0 Å². The molecule has 0 unspecified atom stereocenters. The van der Waals surface area contributed by atoms with E-state index in [0.29, 0.717) is 11.7 Å². The van der Waals surface area contributed by atoms with Gasteiger partial charge in [0.1, 0.15) is 11.5 Å². The lowest BCUT2D eigenvalue weighted by molar-refractivity contribution is 0.410. The summed E-state index contributed by atoms with van der Waals surface area (Å²) in [5.41, 5.74) is 8.15. The van der Waals surface area contributed by atoms with Crippen LogP contribution in [0.4, 0.5) is 0 Å². The second-order valence-corrected chi connectivity index (χ2v) is 5.60. The Kier molecular flexibility index (Phi) is 6.15. The molecule has 2 aromatic rings. The number of para-hydroxylation sites is 1. The van der Waals surface area contributed by atoms with Crippen molar-refractivity contribution in [3.8, 4) is 11.5 Å². The van der Waals surface area contributed by atoms with Gasteiger partial charge in [0.2, 0.25) is 0 Å². The molecule has 0 bridgehead atoms. The van der Waals surface area contributed by atoms with Crippen molar-refractivity contribution >= 4 is 16.9 Å². The Morgan fingerprint density at radius 1 is 1.09 bits per heavy atom. The normalized spacial score (nSPS) is 11.3. The topological polar surface area (TPSA) is 56.8 Å². The maximum Gasteiger partial charge on any atom is 0.154 e. The lowest BCUT2D eigenvalue weighted by atomic mass is 10.2. The highest BCUT2D eigenvalue weighted by atomic mass is 32.2. The van der Waals surface area contributed by atoms with Gasteiger partial charge >= 0.3 is 0 Å². The minimum atomic E-state index is 0.515. The number of methoxy groups -OCH3 is 2. The summed E-state index contributed by atoms with van der Waals surface area (Å²) in [7, 11) is 3.32. The minimum absolute atomic E-state index is 0.515. The molecular formula is C17H20N2O2S. The van der Waals surface area contributed by atoms with E-state index in [2.05, 4.69) is 4.99 Å². The number of rotatable bonds is 6. The SMILES string of the molecule is COc1cccc(CSC(N)=NCc2ccccc2OC)c1. The molecule has 0 amide bonds. The highest BCUT2D eigenvalue weighted by Crippen LogP contribution is 2.20. The number of hydrogen-bond donors (Lipinski definition) is 1. The molecule has 0 fully saturated rings. The Morgan fingerprint density at radius 3 is 2.68 bits per heavy atom. The molecular weight excluding hydrogens is 296 g/mol. The van der Waals surface area contributed by atoms with E-state index in [1.54, 1.807) is 14.2 Å². The Hall–Kier alpha value is -2.14. The summed E-state index contributed by atoms with van der Waals surface area (Å²) >= 11 is 1.51. The van der Waals surface area contributed by atoms with Crippen LogP contribution in [0.25, 0.3) is 0 Å². The Morgan fingerprint density at radius 2 is 1.91 bits per heavy atom. The van der Waals surface area contributed by atoms with Gasteiger partial charge in [-0.05, 0) is 23.8 Å². The van der Waals surface area contributed by atoms with Gasteiger partial charge in [0.25, 0.3) is 0 Å².